The molecule has 0 aliphatic heterocycles. The second kappa shape index (κ2) is 8.38. The maximum absolute atomic E-state index is 12.6. The fraction of sp³-hybridized carbons (Fsp3) is 0.444. The number of amides is 2. The number of hydrogen-bond donors (Lipinski definition) is 1. The molecule has 0 spiro atoms. The Bertz CT molecular complexity index is 621. The van der Waals surface area contributed by atoms with E-state index in [0.717, 1.165) is 31.2 Å². The molecule has 0 unspecified atom stereocenters. The van der Waals surface area contributed by atoms with E-state index in [0.29, 0.717) is 11.5 Å². The van der Waals surface area contributed by atoms with Crippen molar-refractivity contribution in [3.05, 3.63) is 29.8 Å². The van der Waals surface area contributed by atoms with Crippen LogP contribution in [0.2, 0.25) is 0 Å². The number of carbonyl (C=O) groups excluding carboxylic acids is 2. The molecule has 1 aromatic carbocycles. The van der Waals surface area contributed by atoms with Gasteiger partial charge in [0.15, 0.2) is 0 Å². The first kappa shape index (κ1) is 17.8. The monoisotopic (exact) mass is 332 g/mol. The van der Waals surface area contributed by atoms with Crippen LogP contribution in [0.4, 0.5) is 0 Å². The van der Waals surface area contributed by atoms with Gasteiger partial charge in [0, 0.05) is 17.7 Å². The van der Waals surface area contributed by atoms with Gasteiger partial charge in [-0.25, -0.2) is 0 Å². The van der Waals surface area contributed by atoms with Crippen molar-refractivity contribution in [2.24, 2.45) is 5.73 Å². The molecule has 0 radical (unpaired) electrons. The Hall–Kier alpha value is -2.50. The molecule has 1 aliphatic carbocycles. The first-order valence-electron chi connectivity index (χ1n) is 8.04. The molecule has 0 bridgehead atoms. The minimum absolute atomic E-state index is 0.0525. The van der Waals surface area contributed by atoms with Crippen LogP contribution in [-0.4, -0.2) is 43.5 Å². The number of carbonyl (C=O) groups is 2. The number of primary amides is 1. The van der Waals surface area contributed by atoms with Gasteiger partial charge in [-0.1, -0.05) is 12.8 Å². The minimum atomic E-state index is -0.498. The zero-order valence-corrected chi connectivity index (χ0v) is 14.2. The van der Waals surface area contributed by atoms with Gasteiger partial charge in [-0.15, -0.1) is 0 Å². The predicted molar refractivity (Wildman–Crippen MR) is 91.7 cm³/mol. The largest absolute Gasteiger partial charge is 0.497 e. The molecule has 2 amide bonds. The summed E-state index contributed by atoms with van der Waals surface area (Å²) in [6, 6.07) is 5.44. The van der Waals surface area contributed by atoms with E-state index in [9.17, 15) is 9.59 Å². The van der Waals surface area contributed by atoms with E-state index in [-0.39, 0.29) is 18.5 Å². The number of benzene rings is 1. The molecule has 0 saturated heterocycles. The molecule has 0 atom stereocenters. The molecule has 1 aliphatic rings. The van der Waals surface area contributed by atoms with Gasteiger partial charge in [-0.05, 0) is 37.1 Å². The van der Waals surface area contributed by atoms with Crippen LogP contribution in [0.25, 0.3) is 6.08 Å². The van der Waals surface area contributed by atoms with Gasteiger partial charge in [-0.2, -0.15) is 0 Å². The van der Waals surface area contributed by atoms with Crippen LogP contribution >= 0.6 is 0 Å². The number of rotatable bonds is 7. The quantitative estimate of drug-likeness (QED) is 0.774. The van der Waals surface area contributed by atoms with Crippen LogP contribution < -0.4 is 15.2 Å². The zero-order valence-electron chi connectivity index (χ0n) is 14.2. The molecule has 1 saturated carbocycles. The molecule has 6 nitrogen and oxygen atoms in total. The number of nitrogens with zero attached hydrogens (tertiary/aromatic N) is 1. The highest BCUT2D eigenvalue weighted by molar-refractivity contribution is 5.94. The van der Waals surface area contributed by atoms with Gasteiger partial charge in [0.25, 0.3) is 0 Å². The van der Waals surface area contributed by atoms with E-state index in [1.807, 2.05) is 0 Å². The molecular formula is C18H24N2O4. The third kappa shape index (κ3) is 4.50. The molecule has 2 rings (SSSR count). The summed E-state index contributed by atoms with van der Waals surface area (Å²) < 4.78 is 10.5. The van der Waals surface area contributed by atoms with E-state index < -0.39 is 5.91 Å². The van der Waals surface area contributed by atoms with Gasteiger partial charge in [0.05, 0.1) is 20.8 Å². The van der Waals surface area contributed by atoms with Gasteiger partial charge in [-0.3, -0.25) is 9.59 Å². The third-order valence-electron chi connectivity index (χ3n) is 4.22. The van der Waals surface area contributed by atoms with E-state index in [1.165, 1.54) is 6.08 Å². The normalized spacial score (nSPS) is 14.8. The summed E-state index contributed by atoms with van der Waals surface area (Å²) in [5.41, 5.74) is 6.03. The number of ether oxygens (including phenoxy) is 2. The summed E-state index contributed by atoms with van der Waals surface area (Å²) in [7, 11) is 3.15. The average molecular weight is 332 g/mol. The second-order valence-electron chi connectivity index (χ2n) is 5.81. The first-order valence-corrected chi connectivity index (χ1v) is 8.04. The number of nitrogens with two attached hydrogens (primary N) is 1. The minimum Gasteiger partial charge on any atom is -0.497 e. The van der Waals surface area contributed by atoms with Crippen molar-refractivity contribution in [3.8, 4) is 11.5 Å². The summed E-state index contributed by atoms with van der Waals surface area (Å²) in [4.78, 5) is 25.4. The van der Waals surface area contributed by atoms with Gasteiger partial charge in [0.2, 0.25) is 11.8 Å². The molecule has 0 aromatic heterocycles. The van der Waals surface area contributed by atoms with Crippen molar-refractivity contribution in [2.45, 2.75) is 31.7 Å². The van der Waals surface area contributed by atoms with Crippen molar-refractivity contribution < 1.29 is 19.1 Å². The van der Waals surface area contributed by atoms with Crippen LogP contribution in [0.1, 0.15) is 31.2 Å². The fourth-order valence-electron chi connectivity index (χ4n) is 3.00. The fourth-order valence-corrected chi connectivity index (χ4v) is 3.00. The maximum Gasteiger partial charge on any atom is 0.247 e. The molecule has 130 valence electrons. The summed E-state index contributed by atoms with van der Waals surface area (Å²) in [5, 5.41) is 0. The highest BCUT2D eigenvalue weighted by atomic mass is 16.5. The molecule has 24 heavy (non-hydrogen) atoms. The van der Waals surface area contributed by atoms with Gasteiger partial charge >= 0.3 is 0 Å². The Kier molecular flexibility index (Phi) is 6.23. The predicted octanol–water partition coefficient (Wildman–Crippen LogP) is 1.97. The van der Waals surface area contributed by atoms with Crippen molar-refractivity contribution >= 4 is 17.9 Å². The lowest BCUT2D eigenvalue weighted by molar-refractivity contribution is -0.133. The first-order chi connectivity index (χ1) is 11.5. The SMILES string of the molecule is COc1ccc(OC)c(/C=C\C(=O)N(CC(N)=O)C2CCCC2)c1. The van der Waals surface area contributed by atoms with E-state index in [4.69, 9.17) is 15.2 Å². The smallest absolute Gasteiger partial charge is 0.247 e. The zero-order chi connectivity index (χ0) is 17.5. The number of hydrogen-bond acceptors (Lipinski definition) is 4. The molecule has 1 aromatic rings. The average Bonchev–Trinajstić information content (AvgIpc) is 3.11. The molecule has 2 N–H and O–H groups in total. The Labute approximate surface area is 142 Å². The lowest BCUT2D eigenvalue weighted by Crippen LogP contribution is -2.43. The van der Waals surface area contributed by atoms with Crippen molar-refractivity contribution in [1.29, 1.82) is 0 Å². The van der Waals surface area contributed by atoms with Gasteiger partial charge < -0.3 is 20.1 Å². The summed E-state index contributed by atoms with van der Waals surface area (Å²) in [6.45, 7) is -0.0525. The molecule has 6 heteroatoms. The van der Waals surface area contributed by atoms with Crippen LogP contribution in [0.3, 0.4) is 0 Å². The Balaban J connectivity index is 2.18. The highest BCUT2D eigenvalue weighted by Crippen LogP contribution is 2.26. The Morgan fingerprint density at radius 1 is 1.25 bits per heavy atom. The summed E-state index contributed by atoms with van der Waals surface area (Å²) in [6.07, 6.45) is 7.09. The maximum atomic E-state index is 12.6. The topological polar surface area (TPSA) is 81.9 Å². The van der Waals surface area contributed by atoms with Gasteiger partial charge in [0.1, 0.15) is 11.5 Å². The lowest BCUT2D eigenvalue weighted by Gasteiger charge is -2.26. The highest BCUT2D eigenvalue weighted by Gasteiger charge is 2.26. The van der Waals surface area contributed by atoms with E-state index in [2.05, 4.69) is 0 Å². The van der Waals surface area contributed by atoms with Crippen LogP contribution in [-0.2, 0) is 9.59 Å². The van der Waals surface area contributed by atoms with Crippen LogP contribution in [0.5, 0.6) is 11.5 Å². The van der Waals surface area contributed by atoms with Crippen molar-refractivity contribution in [3.63, 3.8) is 0 Å². The molecule has 0 heterocycles. The van der Waals surface area contributed by atoms with Crippen LogP contribution in [0, 0.1) is 0 Å². The van der Waals surface area contributed by atoms with E-state index in [1.54, 1.807) is 43.4 Å². The lowest BCUT2D eigenvalue weighted by atomic mass is 10.1. The number of methoxy groups -OCH3 is 2. The Morgan fingerprint density at radius 2 is 1.96 bits per heavy atom. The van der Waals surface area contributed by atoms with Crippen molar-refractivity contribution in [2.75, 3.05) is 20.8 Å². The molecular weight excluding hydrogens is 308 g/mol. The summed E-state index contributed by atoms with van der Waals surface area (Å²) in [5.74, 6) is 0.600. The molecule has 1 fully saturated rings. The standard InChI is InChI=1S/C18H24N2O4/c1-23-15-8-9-16(24-2)13(11-15)7-10-18(22)20(12-17(19)21)14-5-3-4-6-14/h7-11,14H,3-6,12H2,1-2H3,(H2,19,21)/b10-7-. The van der Waals surface area contributed by atoms with Crippen molar-refractivity contribution in [1.82, 2.24) is 4.90 Å². The van der Waals surface area contributed by atoms with E-state index >= 15 is 0 Å². The second-order valence-corrected chi connectivity index (χ2v) is 5.81. The summed E-state index contributed by atoms with van der Waals surface area (Å²) >= 11 is 0. The third-order valence-corrected chi connectivity index (χ3v) is 4.22. The Morgan fingerprint density at radius 3 is 2.54 bits per heavy atom. The van der Waals surface area contributed by atoms with Crippen LogP contribution in [0.15, 0.2) is 24.3 Å².